The molecule has 2 N–H and O–H groups in total. The Morgan fingerprint density at radius 3 is 2.73 bits per heavy atom. The zero-order valence-electron chi connectivity index (χ0n) is 16.2. The Bertz CT molecular complexity index is 1240. The number of alkyl halides is 3. The second kappa shape index (κ2) is 7.33. The van der Waals surface area contributed by atoms with Gasteiger partial charge in [0.2, 0.25) is 0 Å². The van der Waals surface area contributed by atoms with Crippen LogP contribution in [0, 0.1) is 0 Å². The number of nitrogens with one attached hydrogen (secondary N) is 2. The quantitative estimate of drug-likeness (QED) is 0.523. The van der Waals surface area contributed by atoms with Crippen LogP contribution in [0.1, 0.15) is 28.4 Å². The predicted octanol–water partition coefficient (Wildman–Crippen LogP) is 4.33. The maximum atomic E-state index is 13.3. The van der Waals surface area contributed by atoms with Crippen molar-refractivity contribution in [2.75, 3.05) is 7.05 Å². The molecular weight excluding hydrogens is 395 g/mol. The minimum absolute atomic E-state index is 0.241. The number of rotatable bonds is 4. The van der Waals surface area contributed by atoms with Crippen molar-refractivity contribution in [1.82, 2.24) is 24.9 Å². The highest BCUT2D eigenvalue weighted by Crippen LogP contribution is 2.37. The van der Waals surface area contributed by atoms with Gasteiger partial charge in [-0.3, -0.25) is 4.79 Å². The fraction of sp³-hybridized carbons (Fsp3) is 0.190. The molecule has 4 aromatic rings. The molecule has 0 bridgehead atoms. The second-order valence-electron chi connectivity index (χ2n) is 6.72. The van der Waals surface area contributed by atoms with Crippen LogP contribution >= 0.6 is 0 Å². The lowest BCUT2D eigenvalue weighted by atomic mass is 9.97. The van der Waals surface area contributed by atoms with Crippen LogP contribution in [0.15, 0.2) is 48.9 Å². The number of hydrogen-bond acceptors (Lipinski definition) is 3. The van der Waals surface area contributed by atoms with E-state index in [9.17, 15) is 18.0 Å². The van der Waals surface area contributed by atoms with E-state index in [1.165, 1.54) is 19.4 Å². The van der Waals surface area contributed by atoms with Crippen molar-refractivity contribution in [2.24, 2.45) is 0 Å². The molecule has 9 heteroatoms. The number of fused-ring (bicyclic) bond motifs is 1. The number of benzene rings is 1. The molecule has 3 aromatic heterocycles. The first kappa shape index (κ1) is 19.7. The maximum absolute atomic E-state index is 13.3. The summed E-state index contributed by atoms with van der Waals surface area (Å²) in [6, 6.07) is 8.80. The van der Waals surface area contributed by atoms with E-state index in [2.05, 4.69) is 20.4 Å². The summed E-state index contributed by atoms with van der Waals surface area (Å²) in [7, 11) is 1.47. The number of nitrogens with zero attached hydrogens (tertiary/aromatic N) is 3. The standard InChI is InChI=1S/C21H18F3N5O/c1-3-12-6-7-13(21(22,23)24)9-14(12)18-15(20(30)25-2)10-16(28-18)19-17-5-4-8-29(17)27-11-26-19/h4-11,28H,3H2,1-2H3,(H,25,30). The van der Waals surface area contributed by atoms with E-state index in [-0.39, 0.29) is 5.56 Å². The molecule has 0 atom stereocenters. The first-order chi connectivity index (χ1) is 14.3. The molecule has 1 amide bonds. The van der Waals surface area contributed by atoms with Gasteiger partial charge in [0.15, 0.2) is 0 Å². The summed E-state index contributed by atoms with van der Waals surface area (Å²) in [6.07, 6.45) is -0.851. The van der Waals surface area contributed by atoms with Crippen LogP contribution in [-0.2, 0) is 12.6 Å². The Morgan fingerprint density at radius 2 is 2.03 bits per heavy atom. The molecule has 1 aromatic carbocycles. The number of carbonyl (C=O) groups excluding carboxylic acids is 1. The minimum Gasteiger partial charge on any atom is -0.355 e. The Morgan fingerprint density at radius 1 is 1.23 bits per heavy atom. The molecular formula is C21H18F3N5O. The molecule has 154 valence electrons. The second-order valence-corrected chi connectivity index (χ2v) is 6.72. The summed E-state index contributed by atoms with van der Waals surface area (Å²) in [4.78, 5) is 20.0. The van der Waals surface area contributed by atoms with E-state index in [4.69, 9.17) is 0 Å². The zero-order valence-corrected chi connectivity index (χ0v) is 16.2. The molecule has 30 heavy (non-hydrogen) atoms. The molecule has 0 aliphatic rings. The number of aromatic amines is 1. The van der Waals surface area contributed by atoms with Crippen molar-refractivity contribution >= 4 is 11.4 Å². The van der Waals surface area contributed by atoms with E-state index < -0.39 is 17.6 Å². The van der Waals surface area contributed by atoms with E-state index >= 15 is 0 Å². The highest BCUT2D eigenvalue weighted by Gasteiger charge is 2.32. The van der Waals surface area contributed by atoms with E-state index in [0.717, 1.165) is 12.1 Å². The lowest BCUT2D eigenvalue weighted by Gasteiger charge is -2.13. The highest BCUT2D eigenvalue weighted by molar-refractivity contribution is 6.02. The lowest BCUT2D eigenvalue weighted by molar-refractivity contribution is -0.137. The fourth-order valence-electron chi connectivity index (χ4n) is 3.48. The number of aromatic nitrogens is 4. The van der Waals surface area contributed by atoms with Crippen LogP contribution < -0.4 is 5.32 Å². The molecule has 0 aliphatic carbocycles. The molecule has 0 unspecified atom stereocenters. The average Bonchev–Trinajstić information content (AvgIpc) is 3.39. The van der Waals surface area contributed by atoms with Crippen LogP contribution in [0.5, 0.6) is 0 Å². The Kier molecular flexibility index (Phi) is 4.81. The van der Waals surface area contributed by atoms with E-state index in [1.54, 1.807) is 22.8 Å². The van der Waals surface area contributed by atoms with Gasteiger partial charge in [-0.25, -0.2) is 9.50 Å². The SMILES string of the molecule is CCc1ccc(C(F)(F)F)cc1-c1[nH]c(-c2ncnn3cccc23)cc1C(=O)NC. The normalized spacial score (nSPS) is 11.8. The minimum atomic E-state index is -4.49. The summed E-state index contributed by atoms with van der Waals surface area (Å²) in [5, 5.41) is 6.67. The number of halogens is 3. The maximum Gasteiger partial charge on any atom is 0.416 e. The largest absolute Gasteiger partial charge is 0.416 e. The molecule has 4 rings (SSSR count). The highest BCUT2D eigenvalue weighted by atomic mass is 19.4. The lowest BCUT2D eigenvalue weighted by Crippen LogP contribution is -2.18. The number of H-pyrrole nitrogens is 1. The first-order valence-electron chi connectivity index (χ1n) is 9.27. The number of aryl methyl sites for hydroxylation is 1. The third kappa shape index (κ3) is 3.32. The number of hydrogen-bond donors (Lipinski definition) is 2. The van der Waals surface area contributed by atoms with Crippen molar-refractivity contribution in [2.45, 2.75) is 19.5 Å². The van der Waals surface area contributed by atoms with Gasteiger partial charge in [-0.15, -0.1) is 0 Å². The molecule has 0 spiro atoms. The molecule has 0 radical (unpaired) electrons. The summed E-state index contributed by atoms with van der Waals surface area (Å²) in [5.41, 5.74) is 2.55. The molecule has 0 saturated heterocycles. The fourth-order valence-corrected chi connectivity index (χ4v) is 3.48. The van der Waals surface area contributed by atoms with Gasteiger partial charge < -0.3 is 10.3 Å². The van der Waals surface area contributed by atoms with Gasteiger partial charge >= 0.3 is 6.18 Å². The van der Waals surface area contributed by atoms with Crippen LogP contribution in [0.2, 0.25) is 0 Å². The van der Waals surface area contributed by atoms with Crippen LogP contribution in [0.3, 0.4) is 0 Å². The van der Waals surface area contributed by atoms with Gasteiger partial charge in [-0.2, -0.15) is 18.3 Å². The Balaban J connectivity index is 1.97. The van der Waals surface area contributed by atoms with Gasteiger partial charge in [-0.1, -0.05) is 13.0 Å². The van der Waals surface area contributed by atoms with Gasteiger partial charge in [-0.05, 0) is 42.3 Å². The molecule has 6 nitrogen and oxygen atoms in total. The van der Waals surface area contributed by atoms with Gasteiger partial charge in [0.1, 0.15) is 12.0 Å². The number of carbonyl (C=O) groups is 1. The molecule has 0 saturated carbocycles. The van der Waals surface area contributed by atoms with Crippen molar-refractivity contribution in [3.8, 4) is 22.6 Å². The van der Waals surface area contributed by atoms with E-state index in [0.29, 0.717) is 40.1 Å². The van der Waals surface area contributed by atoms with Crippen molar-refractivity contribution in [3.05, 3.63) is 65.6 Å². The van der Waals surface area contributed by atoms with Crippen molar-refractivity contribution in [1.29, 1.82) is 0 Å². The monoisotopic (exact) mass is 413 g/mol. The zero-order chi connectivity index (χ0) is 21.5. The molecule has 0 aliphatic heterocycles. The smallest absolute Gasteiger partial charge is 0.355 e. The van der Waals surface area contributed by atoms with Gasteiger partial charge in [0, 0.05) is 18.8 Å². The Labute approximate surface area is 169 Å². The van der Waals surface area contributed by atoms with Crippen LogP contribution in [-0.4, -0.2) is 32.5 Å². The third-order valence-corrected chi connectivity index (χ3v) is 4.97. The summed E-state index contributed by atoms with van der Waals surface area (Å²) in [5.74, 6) is -0.410. The molecule has 0 fully saturated rings. The molecule has 3 heterocycles. The Hall–Kier alpha value is -3.62. The third-order valence-electron chi connectivity index (χ3n) is 4.97. The predicted molar refractivity (Wildman–Crippen MR) is 106 cm³/mol. The van der Waals surface area contributed by atoms with Crippen molar-refractivity contribution in [3.63, 3.8) is 0 Å². The van der Waals surface area contributed by atoms with Gasteiger partial charge in [0.05, 0.1) is 28.0 Å². The number of amides is 1. The first-order valence-corrected chi connectivity index (χ1v) is 9.27. The summed E-state index contributed by atoms with van der Waals surface area (Å²) >= 11 is 0. The summed E-state index contributed by atoms with van der Waals surface area (Å²) in [6.45, 7) is 1.85. The average molecular weight is 413 g/mol. The van der Waals surface area contributed by atoms with E-state index in [1.807, 2.05) is 13.0 Å². The summed E-state index contributed by atoms with van der Waals surface area (Å²) < 4.78 is 41.7. The van der Waals surface area contributed by atoms with Gasteiger partial charge in [0.25, 0.3) is 5.91 Å². The van der Waals surface area contributed by atoms with Crippen molar-refractivity contribution < 1.29 is 18.0 Å². The topological polar surface area (TPSA) is 75.1 Å². The van der Waals surface area contributed by atoms with Crippen LogP contribution in [0.4, 0.5) is 13.2 Å². The van der Waals surface area contributed by atoms with Crippen LogP contribution in [0.25, 0.3) is 28.2 Å².